The molecule has 4 rings (SSSR count). The molecule has 32 heavy (non-hydrogen) atoms. The number of amides is 2. The fourth-order valence-corrected chi connectivity index (χ4v) is 4.75. The van der Waals surface area contributed by atoms with Crippen LogP contribution in [0.1, 0.15) is 27.6 Å². The zero-order valence-electron chi connectivity index (χ0n) is 18.4. The van der Waals surface area contributed by atoms with Gasteiger partial charge in [0.1, 0.15) is 5.01 Å². The lowest BCUT2D eigenvalue weighted by Gasteiger charge is -2.34. The topological polar surface area (TPSA) is 74.3 Å². The fraction of sp³-hybridized carbons (Fsp3) is 0.320. The van der Waals surface area contributed by atoms with E-state index in [-0.39, 0.29) is 18.2 Å². The van der Waals surface area contributed by atoms with Crippen molar-refractivity contribution in [1.82, 2.24) is 20.5 Å². The molecule has 7 heteroatoms. The summed E-state index contributed by atoms with van der Waals surface area (Å²) in [6.07, 6.45) is 0.136. The molecule has 0 aliphatic carbocycles. The second-order valence-electron chi connectivity index (χ2n) is 8.07. The number of carbonyl (C=O) groups excluding carboxylic acids is 2. The van der Waals surface area contributed by atoms with Crippen LogP contribution in [0.3, 0.4) is 0 Å². The molecule has 2 amide bonds. The van der Waals surface area contributed by atoms with Gasteiger partial charge in [-0.2, -0.15) is 0 Å². The molecule has 1 aliphatic heterocycles. The molecular formula is C25H28N4O2S. The van der Waals surface area contributed by atoms with Crippen molar-refractivity contribution < 1.29 is 9.59 Å². The van der Waals surface area contributed by atoms with Gasteiger partial charge in [0.2, 0.25) is 11.8 Å². The van der Waals surface area contributed by atoms with Gasteiger partial charge in [-0.1, -0.05) is 54.6 Å². The fourth-order valence-electron chi connectivity index (χ4n) is 3.88. The Balaban J connectivity index is 1.37. The molecule has 2 heterocycles. The number of nitrogens with zero attached hydrogens (tertiary/aromatic N) is 2. The Hall–Kier alpha value is -3.03. The highest BCUT2D eigenvalue weighted by Gasteiger charge is 2.31. The lowest BCUT2D eigenvalue weighted by atomic mass is 10.0. The van der Waals surface area contributed by atoms with E-state index in [1.807, 2.05) is 32.0 Å². The Morgan fingerprint density at radius 1 is 1.12 bits per heavy atom. The molecular weight excluding hydrogens is 420 g/mol. The number of benzene rings is 2. The molecule has 1 fully saturated rings. The van der Waals surface area contributed by atoms with Crippen LogP contribution >= 0.6 is 11.3 Å². The van der Waals surface area contributed by atoms with Gasteiger partial charge in [0.05, 0.1) is 24.7 Å². The van der Waals surface area contributed by atoms with E-state index in [0.717, 1.165) is 33.3 Å². The van der Waals surface area contributed by atoms with Crippen molar-refractivity contribution in [3.63, 3.8) is 0 Å². The van der Waals surface area contributed by atoms with Crippen LogP contribution in [0.2, 0.25) is 0 Å². The number of hydrogen-bond donors (Lipinski definition) is 2. The van der Waals surface area contributed by atoms with E-state index in [4.69, 9.17) is 0 Å². The molecule has 6 nitrogen and oxygen atoms in total. The number of rotatable bonds is 7. The van der Waals surface area contributed by atoms with Gasteiger partial charge in [-0.15, -0.1) is 11.3 Å². The van der Waals surface area contributed by atoms with Crippen LogP contribution in [0.25, 0.3) is 11.1 Å². The van der Waals surface area contributed by atoms with E-state index >= 15 is 0 Å². The maximum Gasteiger partial charge on any atom is 0.237 e. The summed E-state index contributed by atoms with van der Waals surface area (Å²) < 4.78 is 0. The molecule has 1 atom stereocenters. The zero-order valence-corrected chi connectivity index (χ0v) is 19.2. The highest BCUT2D eigenvalue weighted by Crippen LogP contribution is 2.21. The number of piperazine rings is 1. The SMILES string of the molecule is Cc1nc(CNC(=O)CC2C(=O)NCCN2Cc2ccc(-c3ccccc3)cc2)sc1C. The van der Waals surface area contributed by atoms with E-state index in [1.165, 1.54) is 5.56 Å². The number of carbonyl (C=O) groups is 2. The van der Waals surface area contributed by atoms with Crippen LogP contribution < -0.4 is 10.6 Å². The van der Waals surface area contributed by atoms with Gasteiger partial charge in [-0.3, -0.25) is 14.5 Å². The first-order valence-corrected chi connectivity index (χ1v) is 11.7. The zero-order chi connectivity index (χ0) is 22.5. The molecule has 3 aromatic rings. The molecule has 0 saturated carbocycles. The summed E-state index contributed by atoms with van der Waals surface area (Å²) in [5.74, 6) is -0.227. The first-order valence-electron chi connectivity index (χ1n) is 10.9. The van der Waals surface area contributed by atoms with Crippen molar-refractivity contribution in [3.05, 3.63) is 75.7 Å². The highest BCUT2D eigenvalue weighted by molar-refractivity contribution is 7.11. The number of thiazole rings is 1. The van der Waals surface area contributed by atoms with E-state index in [9.17, 15) is 9.59 Å². The lowest BCUT2D eigenvalue weighted by molar-refractivity contribution is -0.134. The van der Waals surface area contributed by atoms with Crippen LogP contribution in [-0.2, 0) is 22.7 Å². The van der Waals surface area contributed by atoms with Crippen molar-refractivity contribution >= 4 is 23.2 Å². The number of hydrogen-bond acceptors (Lipinski definition) is 5. The molecule has 0 radical (unpaired) electrons. The number of aryl methyl sites for hydroxylation is 2. The van der Waals surface area contributed by atoms with Gasteiger partial charge in [-0.25, -0.2) is 4.98 Å². The first kappa shape index (κ1) is 22.2. The predicted octanol–water partition coefficient (Wildman–Crippen LogP) is 3.43. The molecule has 1 aliphatic rings. The second-order valence-corrected chi connectivity index (χ2v) is 9.36. The van der Waals surface area contributed by atoms with Gasteiger partial charge < -0.3 is 10.6 Å². The second kappa shape index (κ2) is 10.1. The predicted molar refractivity (Wildman–Crippen MR) is 127 cm³/mol. The molecule has 0 spiro atoms. The Labute approximate surface area is 192 Å². The summed E-state index contributed by atoms with van der Waals surface area (Å²) in [6, 6.07) is 18.2. The Bertz CT molecular complexity index is 1060. The van der Waals surface area contributed by atoms with Crippen LogP contribution in [0.4, 0.5) is 0 Å². The van der Waals surface area contributed by atoms with Gasteiger partial charge in [0.15, 0.2) is 0 Å². The van der Waals surface area contributed by atoms with Crippen LogP contribution in [0.15, 0.2) is 54.6 Å². The van der Waals surface area contributed by atoms with Gasteiger partial charge in [0.25, 0.3) is 0 Å². The van der Waals surface area contributed by atoms with Crippen LogP contribution in [-0.4, -0.2) is 40.8 Å². The molecule has 1 unspecified atom stereocenters. The first-order chi connectivity index (χ1) is 15.5. The van der Waals surface area contributed by atoms with Gasteiger partial charge in [0, 0.05) is 24.5 Å². The molecule has 2 aromatic carbocycles. The van der Waals surface area contributed by atoms with Crippen molar-refractivity contribution in [2.45, 2.75) is 39.4 Å². The molecule has 2 N–H and O–H groups in total. The minimum Gasteiger partial charge on any atom is -0.353 e. The summed E-state index contributed by atoms with van der Waals surface area (Å²) >= 11 is 1.59. The maximum atomic E-state index is 12.6. The van der Waals surface area contributed by atoms with Crippen molar-refractivity contribution in [2.75, 3.05) is 13.1 Å². The Morgan fingerprint density at radius 2 is 1.84 bits per heavy atom. The molecule has 1 saturated heterocycles. The third-order valence-corrected chi connectivity index (χ3v) is 6.85. The minimum atomic E-state index is -0.475. The molecule has 1 aromatic heterocycles. The number of nitrogens with one attached hydrogen (secondary N) is 2. The summed E-state index contributed by atoms with van der Waals surface area (Å²) in [7, 11) is 0. The third-order valence-electron chi connectivity index (χ3n) is 5.78. The van der Waals surface area contributed by atoms with E-state index in [2.05, 4.69) is 56.9 Å². The maximum absolute atomic E-state index is 12.6. The summed E-state index contributed by atoms with van der Waals surface area (Å²) in [5, 5.41) is 6.70. The Morgan fingerprint density at radius 3 is 2.53 bits per heavy atom. The summed E-state index contributed by atoms with van der Waals surface area (Å²) in [5.41, 5.74) is 4.46. The minimum absolute atomic E-state index is 0.0896. The van der Waals surface area contributed by atoms with Crippen molar-refractivity contribution in [2.24, 2.45) is 0 Å². The monoisotopic (exact) mass is 448 g/mol. The number of aromatic nitrogens is 1. The van der Waals surface area contributed by atoms with Gasteiger partial charge in [-0.05, 0) is 30.5 Å². The normalized spacial score (nSPS) is 16.6. The van der Waals surface area contributed by atoms with Crippen molar-refractivity contribution in [1.29, 1.82) is 0 Å². The average Bonchev–Trinajstić information content (AvgIpc) is 3.13. The highest BCUT2D eigenvalue weighted by atomic mass is 32.1. The summed E-state index contributed by atoms with van der Waals surface area (Å²) in [6.45, 7) is 6.33. The Kier molecular flexibility index (Phi) is 6.97. The molecule has 0 bridgehead atoms. The van der Waals surface area contributed by atoms with Gasteiger partial charge >= 0.3 is 0 Å². The summed E-state index contributed by atoms with van der Waals surface area (Å²) in [4.78, 5) is 32.8. The van der Waals surface area contributed by atoms with Crippen LogP contribution in [0, 0.1) is 13.8 Å². The lowest BCUT2D eigenvalue weighted by Crippen LogP contribution is -2.56. The quantitative estimate of drug-likeness (QED) is 0.581. The smallest absolute Gasteiger partial charge is 0.237 e. The third kappa shape index (κ3) is 5.41. The van der Waals surface area contributed by atoms with E-state index < -0.39 is 6.04 Å². The van der Waals surface area contributed by atoms with Crippen molar-refractivity contribution in [3.8, 4) is 11.1 Å². The van der Waals surface area contributed by atoms with Crippen LogP contribution in [0.5, 0.6) is 0 Å². The molecule has 166 valence electrons. The average molecular weight is 449 g/mol. The van der Waals surface area contributed by atoms with E-state index in [1.54, 1.807) is 11.3 Å². The standard InChI is InChI=1S/C25H28N4O2S/c1-17-18(2)32-24(28-17)15-27-23(30)14-22-25(31)26-12-13-29(22)16-19-8-10-21(11-9-19)20-6-4-3-5-7-20/h3-11,22H,12-16H2,1-2H3,(H,26,31)(H,27,30). The van der Waals surface area contributed by atoms with E-state index in [0.29, 0.717) is 19.6 Å². The largest absolute Gasteiger partial charge is 0.353 e.